The third kappa shape index (κ3) is 3.01. The molecule has 0 spiro atoms. The molecular weight excluding hydrogens is 354 g/mol. The molecule has 2 aromatic heterocycles. The summed E-state index contributed by atoms with van der Waals surface area (Å²) >= 11 is 0. The van der Waals surface area contributed by atoms with Gasteiger partial charge in [0.15, 0.2) is 5.84 Å². The van der Waals surface area contributed by atoms with Crippen molar-refractivity contribution in [1.82, 2.24) is 14.8 Å². The number of nitrogens with zero attached hydrogens (tertiary/aromatic N) is 4. The predicted octanol–water partition coefficient (Wildman–Crippen LogP) is 3.14. The molecule has 1 aromatic carbocycles. The molecule has 0 aliphatic carbocycles. The quantitative estimate of drug-likeness (QED) is 0.759. The largest absolute Gasteiger partial charge is 0.472 e. The predicted molar refractivity (Wildman–Crippen MR) is 108 cm³/mol. The van der Waals surface area contributed by atoms with E-state index in [-0.39, 0.29) is 6.10 Å². The average molecular weight is 377 g/mol. The minimum atomic E-state index is 0.139. The van der Waals surface area contributed by atoms with Crippen LogP contribution in [0.25, 0.3) is 10.9 Å². The molecule has 2 aliphatic rings. The molecule has 144 valence electrons. The van der Waals surface area contributed by atoms with Gasteiger partial charge in [0, 0.05) is 36.8 Å². The topological polar surface area (TPSA) is 73.6 Å². The lowest BCUT2D eigenvalue weighted by Crippen LogP contribution is -2.34. The highest BCUT2D eigenvalue weighted by molar-refractivity contribution is 6.09. The van der Waals surface area contributed by atoms with Gasteiger partial charge >= 0.3 is 0 Å². The Morgan fingerprint density at radius 2 is 2.21 bits per heavy atom. The van der Waals surface area contributed by atoms with E-state index in [0.29, 0.717) is 18.3 Å². The monoisotopic (exact) mass is 377 g/mol. The zero-order valence-electron chi connectivity index (χ0n) is 16.1. The normalized spacial score (nSPS) is 21.4. The number of hydrogen-bond donors (Lipinski definition) is 1. The number of aryl methyl sites for hydroxylation is 1. The lowest BCUT2D eigenvalue weighted by atomic mass is 10.0. The second kappa shape index (κ2) is 6.91. The summed E-state index contributed by atoms with van der Waals surface area (Å²) in [6.07, 6.45) is 2.83. The van der Waals surface area contributed by atoms with Crippen LogP contribution in [-0.2, 0) is 18.3 Å². The van der Waals surface area contributed by atoms with E-state index in [2.05, 4.69) is 45.5 Å². The fourth-order valence-electron chi connectivity index (χ4n) is 3.82. The molecule has 1 N–H and O–H groups in total. The van der Waals surface area contributed by atoms with E-state index in [1.807, 2.05) is 23.9 Å². The van der Waals surface area contributed by atoms with Gasteiger partial charge in [0.25, 0.3) is 0 Å². The van der Waals surface area contributed by atoms with Gasteiger partial charge in [-0.05, 0) is 24.3 Å². The van der Waals surface area contributed by atoms with Crippen molar-refractivity contribution in [2.24, 2.45) is 18.0 Å². The van der Waals surface area contributed by atoms with Gasteiger partial charge in [-0.15, -0.1) is 5.10 Å². The third-order valence-electron chi connectivity index (χ3n) is 5.43. The van der Waals surface area contributed by atoms with Gasteiger partial charge < -0.3 is 14.8 Å². The summed E-state index contributed by atoms with van der Waals surface area (Å²) in [6, 6.07) is 10.2. The molecule has 7 nitrogen and oxygen atoms in total. The number of rotatable bonds is 3. The van der Waals surface area contributed by atoms with E-state index in [9.17, 15) is 0 Å². The van der Waals surface area contributed by atoms with Gasteiger partial charge in [-0.25, -0.2) is 0 Å². The molecule has 1 saturated heterocycles. The van der Waals surface area contributed by atoms with Crippen LogP contribution >= 0.6 is 0 Å². The van der Waals surface area contributed by atoms with Crippen molar-refractivity contribution in [2.75, 3.05) is 18.5 Å². The van der Waals surface area contributed by atoms with Crippen molar-refractivity contribution >= 4 is 22.4 Å². The minimum absolute atomic E-state index is 0.139. The molecule has 2 unspecified atom stereocenters. The maximum atomic E-state index is 6.26. The minimum Gasteiger partial charge on any atom is -0.472 e. The van der Waals surface area contributed by atoms with Crippen LogP contribution in [0.3, 0.4) is 0 Å². The third-order valence-corrected chi connectivity index (χ3v) is 5.43. The maximum absolute atomic E-state index is 6.26. The summed E-state index contributed by atoms with van der Waals surface area (Å²) in [6.45, 7) is 4.30. The molecule has 2 aliphatic heterocycles. The van der Waals surface area contributed by atoms with E-state index in [0.717, 1.165) is 53.3 Å². The van der Waals surface area contributed by atoms with Crippen molar-refractivity contribution in [3.8, 4) is 5.88 Å². The fraction of sp³-hybridized carbons (Fsp3) is 0.381. The number of benzene rings is 1. The number of aliphatic imine (C=N–C) groups is 1. The fourth-order valence-corrected chi connectivity index (χ4v) is 3.82. The van der Waals surface area contributed by atoms with Crippen LogP contribution < -0.4 is 10.1 Å². The Labute approximate surface area is 163 Å². The van der Waals surface area contributed by atoms with Crippen LogP contribution in [0, 0.1) is 5.92 Å². The van der Waals surface area contributed by atoms with Gasteiger partial charge in [-0.2, -0.15) is 0 Å². The highest BCUT2D eigenvalue weighted by atomic mass is 16.5. The Morgan fingerprint density at radius 3 is 3.11 bits per heavy atom. The van der Waals surface area contributed by atoms with Crippen molar-refractivity contribution < 1.29 is 9.47 Å². The van der Waals surface area contributed by atoms with Crippen LogP contribution in [0.2, 0.25) is 0 Å². The van der Waals surface area contributed by atoms with E-state index >= 15 is 0 Å². The van der Waals surface area contributed by atoms with E-state index < -0.39 is 0 Å². The lowest BCUT2D eigenvalue weighted by Gasteiger charge is -2.28. The molecule has 7 heteroatoms. The standard InChI is InChI=1S/C21H23N5O2/c1-13-12-27-9-7-18(13)28-21-16-6-5-15(10-17(16)26(2)25-21)24-20-19-14(11-23-20)4-3-8-22-19/h3-6,8,10,13,18H,7,9,11-12H2,1-2H3,(H,23,24). The Hall–Kier alpha value is -2.93. The molecule has 0 amide bonds. The van der Waals surface area contributed by atoms with Crippen LogP contribution in [0.1, 0.15) is 24.6 Å². The summed E-state index contributed by atoms with van der Waals surface area (Å²) in [5.74, 6) is 1.86. The first-order valence-corrected chi connectivity index (χ1v) is 9.66. The van der Waals surface area contributed by atoms with Gasteiger partial charge in [0.1, 0.15) is 11.8 Å². The zero-order valence-corrected chi connectivity index (χ0v) is 16.1. The second-order valence-corrected chi connectivity index (χ2v) is 7.46. The molecule has 4 heterocycles. The number of nitrogens with one attached hydrogen (secondary N) is 1. The molecular formula is C21H23N5O2. The molecule has 2 atom stereocenters. The number of anilines is 1. The Morgan fingerprint density at radius 1 is 1.29 bits per heavy atom. The van der Waals surface area contributed by atoms with Gasteiger partial charge in [0.05, 0.1) is 30.7 Å². The first-order valence-electron chi connectivity index (χ1n) is 9.66. The summed E-state index contributed by atoms with van der Waals surface area (Å²) in [4.78, 5) is 9.03. The second-order valence-electron chi connectivity index (χ2n) is 7.46. The van der Waals surface area contributed by atoms with Crippen molar-refractivity contribution in [3.63, 3.8) is 0 Å². The summed E-state index contributed by atoms with van der Waals surface area (Å²) in [7, 11) is 1.94. The van der Waals surface area contributed by atoms with Crippen LogP contribution in [0.15, 0.2) is 41.5 Å². The zero-order chi connectivity index (χ0) is 19.1. The SMILES string of the molecule is CC1COCCC1Oc1nn(C)c2cc(NC3=NCc4cccnc43)ccc12. The van der Waals surface area contributed by atoms with E-state index in [4.69, 9.17) is 9.47 Å². The summed E-state index contributed by atoms with van der Waals surface area (Å²) in [5.41, 5.74) is 4.04. The number of fused-ring (bicyclic) bond motifs is 2. The van der Waals surface area contributed by atoms with Crippen LogP contribution in [0.4, 0.5) is 5.69 Å². The van der Waals surface area contributed by atoms with E-state index in [1.54, 1.807) is 6.20 Å². The highest BCUT2D eigenvalue weighted by Gasteiger charge is 2.25. The van der Waals surface area contributed by atoms with Gasteiger partial charge in [-0.1, -0.05) is 13.0 Å². The van der Waals surface area contributed by atoms with Gasteiger partial charge in [0.2, 0.25) is 5.88 Å². The molecule has 1 fully saturated rings. The molecule has 28 heavy (non-hydrogen) atoms. The summed E-state index contributed by atoms with van der Waals surface area (Å²) in [5, 5.41) is 9.03. The number of hydrogen-bond acceptors (Lipinski definition) is 6. The van der Waals surface area contributed by atoms with Crippen molar-refractivity contribution in [1.29, 1.82) is 0 Å². The molecule has 3 aromatic rings. The average Bonchev–Trinajstić information content (AvgIpc) is 3.25. The van der Waals surface area contributed by atoms with Gasteiger partial charge in [-0.3, -0.25) is 14.7 Å². The molecule has 0 saturated carbocycles. The summed E-state index contributed by atoms with van der Waals surface area (Å²) < 4.78 is 13.6. The molecule has 0 bridgehead atoms. The van der Waals surface area contributed by atoms with Crippen LogP contribution in [0.5, 0.6) is 5.88 Å². The number of aromatic nitrogens is 3. The Kier molecular flexibility index (Phi) is 4.24. The Balaban J connectivity index is 1.40. The number of amidine groups is 1. The molecule has 5 rings (SSSR count). The van der Waals surface area contributed by atoms with Crippen LogP contribution in [-0.4, -0.2) is 39.9 Å². The number of pyridine rings is 1. The van der Waals surface area contributed by atoms with E-state index in [1.165, 1.54) is 0 Å². The molecule has 0 radical (unpaired) electrons. The maximum Gasteiger partial charge on any atom is 0.241 e. The number of ether oxygens (including phenoxy) is 2. The first-order chi connectivity index (χ1) is 13.7. The first kappa shape index (κ1) is 17.2. The van der Waals surface area contributed by atoms with Crippen molar-refractivity contribution in [2.45, 2.75) is 26.0 Å². The highest BCUT2D eigenvalue weighted by Crippen LogP contribution is 2.30. The smallest absolute Gasteiger partial charge is 0.241 e. The lowest BCUT2D eigenvalue weighted by molar-refractivity contribution is -0.0177. The van der Waals surface area contributed by atoms with Crippen molar-refractivity contribution in [3.05, 3.63) is 47.8 Å². The Bertz CT molecular complexity index is 1060.